The van der Waals surface area contributed by atoms with Gasteiger partial charge in [-0.15, -0.1) is 0 Å². The summed E-state index contributed by atoms with van der Waals surface area (Å²) in [7, 11) is 0. The number of aryl methyl sites for hydroxylation is 1. The summed E-state index contributed by atoms with van der Waals surface area (Å²) in [5, 5.41) is 3.65. The molecule has 0 spiro atoms. The first-order valence-electron chi connectivity index (χ1n) is 6.88. The highest BCUT2D eigenvalue weighted by Crippen LogP contribution is 2.27. The maximum Gasteiger partial charge on any atom is 0.251 e. The molecular formula is C15H21ClN2O. The van der Waals surface area contributed by atoms with Crippen molar-refractivity contribution in [1.82, 2.24) is 5.32 Å². The number of amides is 1. The van der Waals surface area contributed by atoms with Gasteiger partial charge >= 0.3 is 0 Å². The van der Waals surface area contributed by atoms with E-state index in [-0.39, 0.29) is 11.9 Å². The van der Waals surface area contributed by atoms with Gasteiger partial charge in [0, 0.05) is 23.2 Å². The van der Waals surface area contributed by atoms with Gasteiger partial charge in [-0.25, -0.2) is 0 Å². The lowest BCUT2D eigenvalue weighted by molar-refractivity contribution is 0.0924. The van der Waals surface area contributed by atoms with Crippen LogP contribution in [0.5, 0.6) is 0 Å². The van der Waals surface area contributed by atoms with Crippen LogP contribution in [0.3, 0.4) is 0 Å². The zero-order valence-corrected chi connectivity index (χ0v) is 12.0. The van der Waals surface area contributed by atoms with Crippen LogP contribution in [0.2, 0.25) is 5.02 Å². The second-order valence-corrected chi connectivity index (χ2v) is 5.81. The molecule has 0 heterocycles. The largest absolute Gasteiger partial charge is 0.348 e. The van der Waals surface area contributed by atoms with Crippen molar-refractivity contribution in [2.75, 3.05) is 6.54 Å². The molecule has 0 saturated heterocycles. The van der Waals surface area contributed by atoms with Crippen molar-refractivity contribution in [3.05, 3.63) is 34.3 Å². The first-order valence-corrected chi connectivity index (χ1v) is 7.26. The lowest BCUT2D eigenvalue weighted by atomic mass is 9.97. The molecule has 1 saturated carbocycles. The maximum absolute atomic E-state index is 12.2. The summed E-state index contributed by atoms with van der Waals surface area (Å²) in [6.45, 7) is 2.43. The van der Waals surface area contributed by atoms with Crippen molar-refractivity contribution >= 4 is 17.5 Å². The van der Waals surface area contributed by atoms with Gasteiger partial charge in [0.1, 0.15) is 0 Å². The van der Waals surface area contributed by atoms with Crippen LogP contribution in [-0.4, -0.2) is 18.5 Å². The fraction of sp³-hybridized carbons (Fsp3) is 0.533. The smallest absolute Gasteiger partial charge is 0.251 e. The van der Waals surface area contributed by atoms with Crippen LogP contribution in [0.15, 0.2) is 18.2 Å². The van der Waals surface area contributed by atoms with E-state index in [4.69, 9.17) is 17.3 Å². The molecule has 0 aromatic heterocycles. The van der Waals surface area contributed by atoms with Gasteiger partial charge in [-0.05, 0) is 49.4 Å². The van der Waals surface area contributed by atoms with Crippen LogP contribution in [0.1, 0.15) is 41.6 Å². The minimum atomic E-state index is -0.0760. The predicted molar refractivity (Wildman–Crippen MR) is 78.5 cm³/mol. The Kier molecular flexibility index (Phi) is 4.83. The normalized spacial score (nSPS) is 17.4. The van der Waals surface area contributed by atoms with E-state index in [0.29, 0.717) is 23.0 Å². The highest BCUT2D eigenvalue weighted by Gasteiger charge is 2.25. The lowest BCUT2D eigenvalue weighted by Gasteiger charge is -2.23. The Morgan fingerprint density at radius 1 is 1.42 bits per heavy atom. The second kappa shape index (κ2) is 6.40. The van der Waals surface area contributed by atoms with Crippen LogP contribution in [0.4, 0.5) is 0 Å². The van der Waals surface area contributed by atoms with E-state index in [9.17, 15) is 4.79 Å². The molecule has 1 aromatic carbocycles. The summed E-state index contributed by atoms with van der Waals surface area (Å²) in [5.74, 6) is 0.446. The number of benzene rings is 1. The van der Waals surface area contributed by atoms with E-state index in [1.54, 1.807) is 6.07 Å². The second-order valence-electron chi connectivity index (χ2n) is 5.38. The molecule has 0 aliphatic heterocycles. The minimum absolute atomic E-state index is 0.0760. The molecule has 1 aliphatic carbocycles. The molecule has 1 unspecified atom stereocenters. The fourth-order valence-corrected chi connectivity index (χ4v) is 3.14. The fourth-order valence-electron chi connectivity index (χ4n) is 2.85. The van der Waals surface area contributed by atoms with Crippen molar-refractivity contribution in [3.63, 3.8) is 0 Å². The Hall–Kier alpha value is -1.06. The molecule has 19 heavy (non-hydrogen) atoms. The Bertz CT molecular complexity index is 435. The number of nitrogens with one attached hydrogen (secondary N) is 1. The molecule has 3 nitrogen and oxygen atoms in total. The zero-order valence-electron chi connectivity index (χ0n) is 11.3. The van der Waals surface area contributed by atoms with Crippen LogP contribution in [0.25, 0.3) is 0 Å². The molecule has 1 amide bonds. The first kappa shape index (κ1) is 14.4. The summed E-state index contributed by atoms with van der Waals surface area (Å²) in [6, 6.07) is 5.47. The van der Waals surface area contributed by atoms with E-state index in [1.807, 2.05) is 19.1 Å². The number of halogens is 1. The molecule has 1 fully saturated rings. The zero-order chi connectivity index (χ0) is 13.8. The van der Waals surface area contributed by atoms with Gasteiger partial charge in [-0.1, -0.05) is 24.4 Å². The minimum Gasteiger partial charge on any atom is -0.348 e. The maximum atomic E-state index is 12.2. The first-order chi connectivity index (χ1) is 9.10. The third kappa shape index (κ3) is 3.71. The summed E-state index contributed by atoms with van der Waals surface area (Å²) >= 11 is 5.99. The molecule has 4 heteroatoms. The van der Waals surface area contributed by atoms with Crippen molar-refractivity contribution in [2.45, 2.75) is 38.6 Å². The topological polar surface area (TPSA) is 55.1 Å². The molecular weight excluding hydrogens is 260 g/mol. The Balaban J connectivity index is 2.06. The summed E-state index contributed by atoms with van der Waals surface area (Å²) in [4.78, 5) is 12.2. The molecule has 1 aliphatic rings. The third-order valence-electron chi connectivity index (χ3n) is 3.84. The average Bonchev–Trinajstić information content (AvgIpc) is 2.88. The van der Waals surface area contributed by atoms with Crippen LogP contribution in [0, 0.1) is 12.8 Å². The number of hydrogen-bond donors (Lipinski definition) is 2. The Morgan fingerprint density at radius 2 is 2.11 bits per heavy atom. The number of carbonyl (C=O) groups excluding carboxylic acids is 1. The van der Waals surface area contributed by atoms with Gasteiger partial charge in [-0.2, -0.15) is 0 Å². The van der Waals surface area contributed by atoms with Crippen molar-refractivity contribution in [1.29, 1.82) is 0 Å². The van der Waals surface area contributed by atoms with Gasteiger partial charge in [0.05, 0.1) is 0 Å². The van der Waals surface area contributed by atoms with Gasteiger partial charge in [0.15, 0.2) is 0 Å². The van der Waals surface area contributed by atoms with E-state index in [1.165, 1.54) is 12.8 Å². The highest BCUT2D eigenvalue weighted by molar-refractivity contribution is 6.31. The number of hydrogen-bond acceptors (Lipinski definition) is 2. The monoisotopic (exact) mass is 280 g/mol. The SMILES string of the molecule is Cc1cc(Cl)cc(C(=O)NC(CN)C2CCCC2)c1. The van der Waals surface area contributed by atoms with Gasteiger partial charge < -0.3 is 11.1 Å². The molecule has 2 rings (SSSR count). The van der Waals surface area contributed by atoms with Crippen LogP contribution in [-0.2, 0) is 0 Å². The van der Waals surface area contributed by atoms with Gasteiger partial charge in [0.25, 0.3) is 5.91 Å². The molecule has 1 aromatic rings. The van der Waals surface area contributed by atoms with E-state index in [0.717, 1.165) is 18.4 Å². The Morgan fingerprint density at radius 3 is 2.68 bits per heavy atom. The average molecular weight is 281 g/mol. The van der Waals surface area contributed by atoms with Crippen molar-refractivity contribution in [3.8, 4) is 0 Å². The number of nitrogens with two attached hydrogens (primary N) is 1. The molecule has 0 bridgehead atoms. The Labute approximate surface area is 119 Å². The predicted octanol–water partition coefficient (Wildman–Crippen LogP) is 2.90. The van der Waals surface area contributed by atoms with Gasteiger partial charge in [0.2, 0.25) is 0 Å². The summed E-state index contributed by atoms with van der Waals surface area (Å²) < 4.78 is 0. The van der Waals surface area contributed by atoms with Gasteiger partial charge in [-0.3, -0.25) is 4.79 Å². The van der Waals surface area contributed by atoms with E-state index < -0.39 is 0 Å². The standard InChI is InChI=1S/C15H21ClN2O/c1-10-6-12(8-13(16)7-10)15(19)18-14(9-17)11-4-2-3-5-11/h6-8,11,14H,2-5,9,17H2,1H3,(H,18,19). The summed E-state index contributed by atoms with van der Waals surface area (Å²) in [6.07, 6.45) is 4.81. The lowest BCUT2D eigenvalue weighted by Crippen LogP contribution is -2.44. The molecule has 3 N–H and O–H groups in total. The molecule has 0 radical (unpaired) electrons. The quantitative estimate of drug-likeness (QED) is 0.891. The van der Waals surface area contributed by atoms with E-state index >= 15 is 0 Å². The van der Waals surface area contributed by atoms with Crippen LogP contribution < -0.4 is 11.1 Å². The third-order valence-corrected chi connectivity index (χ3v) is 4.06. The molecule has 104 valence electrons. The highest BCUT2D eigenvalue weighted by atomic mass is 35.5. The number of carbonyl (C=O) groups is 1. The molecule has 1 atom stereocenters. The van der Waals surface area contributed by atoms with Crippen molar-refractivity contribution in [2.24, 2.45) is 11.7 Å². The van der Waals surface area contributed by atoms with E-state index in [2.05, 4.69) is 5.32 Å². The van der Waals surface area contributed by atoms with Crippen molar-refractivity contribution < 1.29 is 4.79 Å². The van der Waals surface area contributed by atoms with Crippen LogP contribution >= 0.6 is 11.6 Å². The number of rotatable bonds is 4. The summed E-state index contributed by atoms with van der Waals surface area (Å²) in [5.41, 5.74) is 7.40.